The van der Waals surface area contributed by atoms with Gasteiger partial charge in [0.15, 0.2) is 0 Å². The molecule has 6 fully saturated rings. The SMILES string of the molecule is COC(=O)N[C@@H](C(=O)N1[C@@H]2C[C@@H]2C[C@H]1c1nc(-c2ccc(-c3ccc(-c4nc([C@@H]5C[C@H]6C[C@H]6N5C(=O)[C@H](NC(=O)OC)[C@@H]5CCCOC5)[nH]c4Cl)cc3)cc2)c(Cl)[nH]1)[C@@H]1CCCOC1. The molecule has 4 amide bonds. The van der Waals surface area contributed by atoms with Crippen LogP contribution in [0, 0.1) is 23.7 Å². The topological polar surface area (TPSA) is 193 Å². The molecule has 16 nitrogen and oxygen atoms in total. The van der Waals surface area contributed by atoms with Crippen molar-refractivity contribution in [3.8, 4) is 33.6 Å². The number of aromatic nitrogens is 4. The number of benzene rings is 2. The number of piperidine rings is 2. The van der Waals surface area contributed by atoms with Gasteiger partial charge in [0.2, 0.25) is 11.8 Å². The minimum atomic E-state index is -0.764. The molecular weight excluding hydrogens is 863 g/mol. The zero-order chi connectivity index (χ0) is 44.2. The third-order valence-electron chi connectivity index (χ3n) is 14.1. The van der Waals surface area contributed by atoms with Crippen LogP contribution in [0.1, 0.15) is 75.1 Å². The first-order valence-electron chi connectivity index (χ1n) is 22.3. The highest BCUT2D eigenvalue weighted by Crippen LogP contribution is 2.55. The zero-order valence-electron chi connectivity index (χ0n) is 35.7. The molecular formula is C46H52Cl2N8O8. The molecule has 2 aliphatic carbocycles. The maximum Gasteiger partial charge on any atom is 0.407 e. The standard InChI is InChI=1S/C46H52Cl2N8O8/c1-61-45(59)51-37(27-5-3-15-63-21-27)43(57)55-31-17-29(31)19-33(55)41-49-35(39(47)53-41)25-11-7-23(8-12-25)24-9-13-26(14-10-24)36-40(48)54-42(50-36)34-20-30-18-32(30)56(34)44(58)38(52-46(60)62-2)28-6-4-16-64-22-28/h7-14,27-34,37-38H,3-6,15-22H2,1-2H3,(H,49,53)(H,50,54)(H,51,59)(H,52,60)/t27-,28-,29-,30-,31-,32-,33+,34+,37-,38-/m1/s1. The number of carbonyl (C=O) groups excluding carboxylic acids is 4. The first-order valence-corrected chi connectivity index (χ1v) is 23.1. The number of halogens is 2. The van der Waals surface area contributed by atoms with Gasteiger partial charge in [0.05, 0.1) is 39.5 Å². The summed E-state index contributed by atoms with van der Waals surface area (Å²) in [6.45, 7) is 2.07. The molecule has 4 aliphatic heterocycles. The fourth-order valence-corrected chi connectivity index (χ4v) is 11.1. The molecule has 4 aromatic rings. The average molecular weight is 916 g/mol. The molecule has 0 spiro atoms. The fraction of sp³-hybridized carbons (Fsp3) is 0.522. The third-order valence-corrected chi connectivity index (χ3v) is 14.7. The summed E-state index contributed by atoms with van der Waals surface area (Å²) in [6.07, 6.45) is 5.26. The van der Waals surface area contributed by atoms with Crippen LogP contribution in [0.4, 0.5) is 9.59 Å². The number of amides is 4. The predicted octanol–water partition coefficient (Wildman–Crippen LogP) is 7.07. The largest absolute Gasteiger partial charge is 0.453 e. The van der Waals surface area contributed by atoms with E-state index in [1.165, 1.54) is 14.2 Å². The van der Waals surface area contributed by atoms with Gasteiger partial charge >= 0.3 is 12.2 Å². The van der Waals surface area contributed by atoms with Crippen LogP contribution in [-0.2, 0) is 28.5 Å². The van der Waals surface area contributed by atoms with Gasteiger partial charge in [0.1, 0.15) is 45.4 Å². The lowest BCUT2D eigenvalue weighted by Crippen LogP contribution is -2.54. The number of imidazole rings is 2. The van der Waals surface area contributed by atoms with Crippen LogP contribution >= 0.6 is 23.2 Å². The number of hydrogen-bond acceptors (Lipinski definition) is 10. The van der Waals surface area contributed by atoms with E-state index in [2.05, 4.69) is 20.6 Å². The number of aromatic amines is 2. The van der Waals surface area contributed by atoms with E-state index in [9.17, 15) is 19.2 Å². The van der Waals surface area contributed by atoms with E-state index in [0.717, 1.165) is 73.6 Å². The molecule has 10 rings (SSSR count). The molecule has 0 bridgehead atoms. The summed E-state index contributed by atoms with van der Waals surface area (Å²) >= 11 is 13.6. The van der Waals surface area contributed by atoms with Crippen molar-refractivity contribution < 1.29 is 38.1 Å². The highest BCUT2D eigenvalue weighted by Gasteiger charge is 2.58. The van der Waals surface area contributed by atoms with E-state index in [0.29, 0.717) is 71.6 Å². The molecule has 6 heterocycles. The van der Waals surface area contributed by atoms with Gasteiger partial charge in [-0.05, 0) is 74.3 Å². The van der Waals surface area contributed by atoms with Gasteiger partial charge in [-0.2, -0.15) is 0 Å². The smallest absolute Gasteiger partial charge is 0.407 e. The Labute approximate surface area is 380 Å². The number of methoxy groups -OCH3 is 2. The van der Waals surface area contributed by atoms with Crippen LogP contribution in [0.5, 0.6) is 0 Å². The number of hydrogen-bond donors (Lipinski definition) is 4. The van der Waals surface area contributed by atoms with Crippen molar-refractivity contribution in [1.82, 2.24) is 40.4 Å². The molecule has 64 heavy (non-hydrogen) atoms. The van der Waals surface area contributed by atoms with Crippen molar-refractivity contribution >= 4 is 47.2 Å². The third kappa shape index (κ3) is 8.22. The number of alkyl carbamates (subject to hydrolysis) is 2. The van der Waals surface area contributed by atoms with Gasteiger partial charge < -0.3 is 49.3 Å². The van der Waals surface area contributed by atoms with E-state index < -0.39 is 24.3 Å². The number of rotatable bonds is 11. The number of likely N-dealkylation sites (tertiary alicyclic amines) is 2. The van der Waals surface area contributed by atoms with Crippen LogP contribution in [0.3, 0.4) is 0 Å². The Morgan fingerprint density at radius 3 is 1.39 bits per heavy atom. The van der Waals surface area contributed by atoms with Crippen molar-refractivity contribution in [2.45, 2.75) is 87.6 Å². The summed E-state index contributed by atoms with van der Waals surface area (Å²) in [6, 6.07) is 14.0. The van der Waals surface area contributed by atoms with Crippen molar-refractivity contribution in [1.29, 1.82) is 0 Å². The molecule has 0 radical (unpaired) electrons. The van der Waals surface area contributed by atoms with E-state index in [1.54, 1.807) is 0 Å². The molecule has 10 atom stereocenters. The molecule has 2 aromatic heterocycles. The molecule has 18 heteroatoms. The second-order valence-electron chi connectivity index (χ2n) is 18.0. The first kappa shape index (κ1) is 42.8. The van der Waals surface area contributed by atoms with Gasteiger partial charge in [-0.25, -0.2) is 19.6 Å². The van der Waals surface area contributed by atoms with Gasteiger partial charge in [-0.3, -0.25) is 9.59 Å². The summed E-state index contributed by atoms with van der Waals surface area (Å²) in [5.74, 6) is 1.38. The number of fused-ring (bicyclic) bond motifs is 2. The number of ether oxygens (including phenoxy) is 4. The lowest BCUT2D eigenvalue weighted by Gasteiger charge is -2.35. The van der Waals surface area contributed by atoms with E-state index in [-0.39, 0.29) is 47.8 Å². The van der Waals surface area contributed by atoms with Crippen molar-refractivity contribution in [3.63, 3.8) is 0 Å². The van der Waals surface area contributed by atoms with Gasteiger partial charge in [-0.1, -0.05) is 71.7 Å². The van der Waals surface area contributed by atoms with Crippen LogP contribution in [0.25, 0.3) is 33.6 Å². The predicted molar refractivity (Wildman–Crippen MR) is 235 cm³/mol. The van der Waals surface area contributed by atoms with Crippen LogP contribution in [0.15, 0.2) is 48.5 Å². The number of nitrogens with one attached hydrogen (secondary N) is 4. The van der Waals surface area contributed by atoms with Crippen molar-refractivity contribution in [3.05, 3.63) is 70.5 Å². The fourth-order valence-electron chi connectivity index (χ4n) is 10.6. The van der Waals surface area contributed by atoms with Crippen molar-refractivity contribution in [2.24, 2.45) is 23.7 Å². The lowest BCUT2D eigenvalue weighted by molar-refractivity contribution is -0.139. The average Bonchev–Trinajstić information content (AvgIpc) is 4.04. The Balaban J connectivity index is 0.829. The maximum absolute atomic E-state index is 14.3. The molecule has 2 saturated carbocycles. The Morgan fingerprint density at radius 1 is 0.641 bits per heavy atom. The normalized spacial score (nSPS) is 27.8. The van der Waals surface area contributed by atoms with Gasteiger partial charge in [-0.15, -0.1) is 0 Å². The highest BCUT2D eigenvalue weighted by atomic mass is 35.5. The summed E-state index contributed by atoms with van der Waals surface area (Å²) in [4.78, 5) is 73.5. The molecule has 4 N–H and O–H groups in total. The molecule has 2 aromatic carbocycles. The Bertz CT molecular complexity index is 2230. The van der Waals surface area contributed by atoms with E-state index >= 15 is 0 Å². The summed E-state index contributed by atoms with van der Waals surface area (Å²) in [5, 5.41) is 6.39. The molecule has 4 saturated heterocycles. The minimum absolute atomic E-state index is 0.0881. The van der Waals surface area contributed by atoms with E-state index in [1.807, 2.05) is 58.3 Å². The Hall–Kier alpha value is -5.16. The van der Waals surface area contributed by atoms with Crippen LogP contribution < -0.4 is 10.6 Å². The maximum atomic E-state index is 14.3. The number of carbonyl (C=O) groups is 4. The number of H-pyrrole nitrogens is 2. The summed E-state index contributed by atoms with van der Waals surface area (Å²) < 4.78 is 21.2. The highest BCUT2D eigenvalue weighted by molar-refractivity contribution is 6.32. The summed E-state index contributed by atoms with van der Waals surface area (Å²) in [7, 11) is 2.59. The molecule has 6 aliphatic rings. The number of nitrogens with zero attached hydrogens (tertiary/aromatic N) is 4. The van der Waals surface area contributed by atoms with Gasteiger partial charge in [0.25, 0.3) is 0 Å². The molecule has 338 valence electrons. The van der Waals surface area contributed by atoms with Crippen LogP contribution in [-0.4, -0.2) is 119 Å². The minimum Gasteiger partial charge on any atom is -0.453 e. The monoisotopic (exact) mass is 914 g/mol. The lowest BCUT2D eigenvalue weighted by atomic mass is 9.92. The Kier molecular flexibility index (Phi) is 11.8. The summed E-state index contributed by atoms with van der Waals surface area (Å²) in [5.41, 5.74) is 4.81. The quantitative estimate of drug-likeness (QED) is 0.121. The Morgan fingerprint density at radius 2 is 1.03 bits per heavy atom. The second-order valence-corrected chi connectivity index (χ2v) is 18.8. The second kappa shape index (κ2) is 17.7. The molecule has 0 unspecified atom stereocenters. The zero-order valence-corrected chi connectivity index (χ0v) is 37.2. The first-order chi connectivity index (χ1) is 31.1. The van der Waals surface area contributed by atoms with Gasteiger partial charge in [0, 0.05) is 48.3 Å². The van der Waals surface area contributed by atoms with E-state index in [4.69, 9.17) is 52.1 Å². The van der Waals surface area contributed by atoms with Crippen molar-refractivity contribution in [2.75, 3.05) is 40.6 Å². The van der Waals surface area contributed by atoms with Crippen LogP contribution in [0.2, 0.25) is 10.3 Å².